The first-order valence-electron chi connectivity index (χ1n) is 45.4. The van der Waals surface area contributed by atoms with Gasteiger partial charge in [0.25, 0.3) is 0 Å². The van der Waals surface area contributed by atoms with Crippen LogP contribution in [-0.4, -0.2) is 9.13 Å². The molecule has 0 fully saturated rings. The largest absolute Gasteiger partial charge is 0.309 e. The molecule has 0 atom stereocenters. The van der Waals surface area contributed by atoms with Gasteiger partial charge in [-0.1, -0.05) is 305 Å². The highest BCUT2D eigenvalue weighted by atomic mass is 15.2. The number of nitrogens with zero attached hydrogens (tertiary/aromatic N) is 4. The summed E-state index contributed by atoms with van der Waals surface area (Å²) in [6.07, 6.45) is 0. The van der Waals surface area contributed by atoms with E-state index >= 15 is 0 Å². The maximum Gasteiger partial charge on any atom is 0.0645 e. The van der Waals surface area contributed by atoms with Crippen molar-refractivity contribution in [3.8, 4) is 55.9 Å². The van der Waals surface area contributed by atoms with E-state index in [1.165, 1.54) is 0 Å². The molecule has 19 rings (SSSR count). The minimum absolute atomic E-state index is 0.0469. The molecule has 0 spiro atoms. The van der Waals surface area contributed by atoms with Crippen LogP contribution in [0.3, 0.4) is 0 Å². The average Bonchev–Trinajstić information content (AvgIpc) is 1.53. The van der Waals surface area contributed by atoms with Crippen LogP contribution >= 0.6 is 0 Å². The van der Waals surface area contributed by atoms with E-state index in [1.54, 1.807) is 21.3 Å². The zero-order valence-corrected chi connectivity index (χ0v) is 62.6. The zero-order valence-electron chi connectivity index (χ0n) is 78.6. The van der Waals surface area contributed by atoms with Crippen LogP contribution in [0.15, 0.2) is 358 Å². The lowest BCUT2D eigenvalue weighted by Crippen LogP contribution is -2.20. The first-order chi connectivity index (χ1) is 60.1. The Kier molecular flexibility index (Phi) is 12.5. The normalized spacial score (nSPS) is 14.3. The van der Waals surface area contributed by atoms with Gasteiger partial charge >= 0.3 is 0 Å². The van der Waals surface area contributed by atoms with Crippen LogP contribution in [-0.2, 0) is 16.2 Å². The highest BCUT2D eigenvalue weighted by Crippen LogP contribution is 2.55. The van der Waals surface area contributed by atoms with E-state index < -0.39 is 113 Å². The van der Waals surface area contributed by atoms with Gasteiger partial charge in [-0.3, -0.25) is 0 Å². The predicted octanol–water partition coefficient (Wildman–Crippen LogP) is 30.0. The third kappa shape index (κ3) is 11.8. The molecular weight excluding hydrogens is 1330 g/mol. The average molecular weight is 1430 g/mol. The Bertz CT molecular complexity index is 7260. The summed E-state index contributed by atoms with van der Waals surface area (Å²) in [7, 11) is 0. The molecule has 2 heterocycles. The van der Waals surface area contributed by atoms with E-state index in [0.717, 1.165) is 104 Å². The Hall–Kier alpha value is -13.0. The summed E-state index contributed by atoms with van der Waals surface area (Å²) >= 11 is 0. The molecule has 0 saturated heterocycles. The van der Waals surface area contributed by atoms with Crippen LogP contribution in [0.4, 0.5) is 34.1 Å². The van der Waals surface area contributed by atoms with E-state index in [1.807, 2.05) is 84.9 Å². The van der Waals surface area contributed by atoms with Crippen molar-refractivity contribution in [2.24, 2.45) is 0 Å². The highest BCUT2D eigenvalue weighted by Gasteiger charge is 2.33. The van der Waals surface area contributed by atoms with Gasteiger partial charge in [-0.05, 0) is 213 Å². The van der Waals surface area contributed by atoms with E-state index in [2.05, 4.69) is 236 Å². The number of anilines is 6. The number of para-hydroxylation sites is 4. The van der Waals surface area contributed by atoms with Crippen LogP contribution in [0.1, 0.15) is 101 Å². The number of hydrogen-bond donors (Lipinski definition) is 0. The van der Waals surface area contributed by atoms with Gasteiger partial charge in [0.05, 0.1) is 55.4 Å². The molecule has 0 radical (unpaired) electrons. The van der Waals surface area contributed by atoms with Gasteiger partial charge in [0.2, 0.25) is 0 Å². The molecule has 0 aliphatic heterocycles. The molecule has 0 N–H and O–H groups in total. The van der Waals surface area contributed by atoms with Crippen molar-refractivity contribution >= 4 is 121 Å². The molecule has 19 aromatic rings. The summed E-state index contributed by atoms with van der Waals surface area (Å²) in [5.41, 5.74) is 12.2. The quantitative estimate of drug-likeness (QED) is 0.113. The van der Waals surface area contributed by atoms with Crippen molar-refractivity contribution in [1.82, 2.24) is 9.13 Å². The monoisotopic (exact) mass is 1430 g/mol. The van der Waals surface area contributed by atoms with Gasteiger partial charge in [0.1, 0.15) is 0 Å². The number of aromatic nitrogens is 2. The number of benzene rings is 17. The smallest absolute Gasteiger partial charge is 0.0645 e. The van der Waals surface area contributed by atoms with Gasteiger partial charge in [0.15, 0.2) is 0 Å². The van der Waals surface area contributed by atoms with Gasteiger partial charge in [-0.2, -0.15) is 0 Å². The molecule has 0 saturated carbocycles. The number of fused-ring (bicyclic) bond motifs is 12. The van der Waals surface area contributed by atoms with E-state index in [9.17, 15) is 16.4 Å². The Balaban J connectivity index is 1.00. The van der Waals surface area contributed by atoms with Crippen molar-refractivity contribution in [3.05, 3.63) is 374 Å². The predicted molar refractivity (Wildman–Crippen MR) is 472 cm³/mol. The van der Waals surface area contributed by atoms with Crippen LogP contribution in [0.25, 0.3) is 143 Å². The Morgan fingerprint density at radius 3 is 0.927 bits per heavy atom. The van der Waals surface area contributed by atoms with Crippen molar-refractivity contribution in [3.63, 3.8) is 0 Å². The Morgan fingerprint density at radius 2 is 0.555 bits per heavy atom. The van der Waals surface area contributed by atoms with Gasteiger partial charge < -0.3 is 18.9 Å². The summed E-state index contributed by atoms with van der Waals surface area (Å²) in [6.45, 7) is 19.7. The maximum absolute atomic E-state index is 9.85. The highest BCUT2D eigenvalue weighted by molar-refractivity contribution is 6.14. The maximum atomic E-state index is 9.85. The Morgan fingerprint density at radius 1 is 0.236 bits per heavy atom. The summed E-state index contributed by atoms with van der Waals surface area (Å²) in [4.78, 5) is 4.50. The van der Waals surface area contributed by atoms with E-state index in [4.69, 9.17) is 5.48 Å². The lowest BCUT2D eigenvalue weighted by Gasteiger charge is -2.36. The van der Waals surface area contributed by atoms with Crippen molar-refractivity contribution < 1.29 is 21.9 Å². The van der Waals surface area contributed by atoms with Crippen LogP contribution < -0.4 is 9.80 Å². The topological polar surface area (TPSA) is 16.3 Å². The molecular formula is C106H86N4. The second kappa shape index (κ2) is 26.4. The van der Waals surface area contributed by atoms with E-state index in [0.29, 0.717) is 45.5 Å². The van der Waals surface area contributed by atoms with Crippen LogP contribution in [0.5, 0.6) is 0 Å². The summed E-state index contributed by atoms with van der Waals surface area (Å²) in [5.74, 6) is 0. The molecule has 4 nitrogen and oxygen atoms in total. The van der Waals surface area contributed by atoms with Crippen LogP contribution in [0, 0.1) is 0 Å². The minimum Gasteiger partial charge on any atom is -0.309 e. The molecule has 0 aliphatic rings. The lowest BCUT2D eigenvalue weighted by molar-refractivity contribution is 0.590. The number of rotatable bonds is 12. The van der Waals surface area contributed by atoms with Crippen molar-refractivity contribution in [2.45, 2.75) is 78.6 Å². The lowest BCUT2D eigenvalue weighted by atomic mass is 9.81. The second-order valence-electron chi connectivity index (χ2n) is 31.8. The summed E-state index contributed by atoms with van der Waals surface area (Å²) in [6, 6.07) is 81.8. The molecule has 0 amide bonds. The molecule has 110 heavy (non-hydrogen) atoms. The SMILES string of the molecule is [2H]c1c([2H])c([2H])c2c(c1[2H])c1c([2H])c([2H])c([2H])c([2H])c1n2-c1cccc(N(c2cc(N(c3cccc(-n4c5c([2H])c([2H])c([2H])c([2H])c5c5c([2H])c([2H])c([2H])c([2H])c54)c3)c3c(-c4ccccc4)cc(C(C)(C)C)cc3-c3ccc4c(ccc5ccccc54)c3)cc(C(C)(C)C)c2)c2c(-c3ccccc3)cc(C(C)(C)C)cc2-c2ccc3c(ccc4ccccc43)c2)c1. The second-order valence-corrected chi connectivity index (χ2v) is 31.8. The fourth-order valence-corrected chi connectivity index (χ4v) is 16.1. The fourth-order valence-electron chi connectivity index (χ4n) is 16.1. The zero-order chi connectivity index (χ0) is 88.7. The summed E-state index contributed by atoms with van der Waals surface area (Å²) < 4.78 is 154. The molecule has 17 aromatic carbocycles. The first-order valence-corrected chi connectivity index (χ1v) is 37.4. The minimum atomic E-state index is -0.707. The van der Waals surface area contributed by atoms with Gasteiger partial charge in [0, 0.05) is 77.9 Å². The molecule has 0 bridgehead atoms. The first kappa shape index (κ1) is 52.1. The molecule has 4 heteroatoms. The molecule has 0 aliphatic carbocycles. The van der Waals surface area contributed by atoms with Gasteiger partial charge in [-0.15, -0.1) is 0 Å². The molecule has 0 unspecified atom stereocenters. The van der Waals surface area contributed by atoms with Crippen LogP contribution in [0.2, 0.25) is 0 Å². The molecule has 2 aromatic heterocycles. The third-order valence-corrected chi connectivity index (χ3v) is 21.7. The van der Waals surface area contributed by atoms with Crippen molar-refractivity contribution in [1.29, 1.82) is 0 Å². The third-order valence-electron chi connectivity index (χ3n) is 21.7. The Labute approximate surface area is 667 Å². The standard InChI is InChI=1S/C106H86N4/c1-104(2,3)77-60-84(107(80-36-28-38-82(66-80)109-98-46-24-20-42-90(98)91-43-21-25-47-99(91)109)102-94(69-30-12-10-13-31-69)62-78(105(4,5)6)64-96(102)75-54-56-88-73(58-75)52-50-71-34-16-18-40-86(71)88)68-85(61-77)108(81-37-29-39-83(67-81)110-100-48-26-22-44-92(100)93-45-23-27-49-101(93)110)103-95(70-32-14-11-15-33-70)63-79(106(7,8)9)65-97(103)76-55-57-89-74(59-76)53-51-72-35-17-19-41-87(72)89/h10-68H,1-9H3/i20D,21D,22D,23D,24D,25D,26D,27D,42D,43D,44D,45D,46D,47D,48D,49D. The van der Waals surface area contributed by atoms with Crippen molar-refractivity contribution in [2.75, 3.05) is 9.80 Å². The van der Waals surface area contributed by atoms with Gasteiger partial charge in [-0.25, -0.2) is 0 Å². The fraction of sp³-hybridized carbons (Fsp3) is 0.113. The summed E-state index contributed by atoms with van der Waals surface area (Å²) in [5, 5.41) is 8.19. The van der Waals surface area contributed by atoms with E-state index in [-0.39, 0.29) is 43.6 Å². The molecule has 530 valence electrons. The number of hydrogen-bond acceptors (Lipinski definition) is 2.